The molecule has 2 rings (SSSR count). The molecule has 0 spiro atoms. The van der Waals surface area contributed by atoms with E-state index >= 15 is 0 Å². The quantitative estimate of drug-likeness (QED) is 0.856. The first-order valence-corrected chi connectivity index (χ1v) is 6.70. The average Bonchev–Trinajstić information content (AvgIpc) is 2.35. The molecule has 0 aliphatic heterocycles. The second-order valence-corrected chi connectivity index (χ2v) is 5.26. The van der Waals surface area contributed by atoms with Crippen molar-refractivity contribution in [2.45, 2.75) is 0 Å². The number of aromatic nitrogens is 1. The maximum Gasteiger partial charge on any atom is 0.135 e. The van der Waals surface area contributed by atoms with E-state index in [9.17, 15) is 0 Å². The van der Waals surface area contributed by atoms with Crippen molar-refractivity contribution in [3.05, 3.63) is 39.5 Å². The van der Waals surface area contributed by atoms with Crippen LogP contribution in [0, 0.1) is 0 Å². The highest BCUT2D eigenvalue weighted by atomic mass is 79.9. The molecular formula is C12H11Br2N3O. The summed E-state index contributed by atoms with van der Waals surface area (Å²) in [7, 11) is 1.62. The van der Waals surface area contributed by atoms with E-state index in [1.54, 1.807) is 19.5 Å². The Morgan fingerprint density at radius 3 is 2.67 bits per heavy atom. The van der Waals surface area contributed by atoms with Gasteiger partial charge < -0.3 is 15.8 Å². The Morgan fingerprint density at radius 1 is 1.22 bits per heavy atom. The van der Waals surface area contributed by atoms with Crippen LogP contribution in [0.15, 0.2) is 39.5 Å². The molecule has 4 nitrogen and oxygen atoms in total. The van der Waals surface area contributed by atoms with E-state index in [2.05, 4.69) is 42.2 Å². The van der Waals surface area contributed by atoms with E-state index in [4.69, 9.17) is 10.5 Å². The molecule has 0 bridgehead atoms. The second kappa shape index (κ2) is 5.58. The van der Waals surface area contributed by atoms with E-state index in [1.807, 2.05) is 18.2 Å². The lowest BCUT2D eigenvalue weighted by Crippen LogP contribution is -1.98. The molecule has 0 aliphatic carbocycles. The van der Waals surface area contributed by atoms with Crippen molar-refractivity contribution in [3.8, 4) is 5.75 Å². The van der Waals surface area contributed by atoms with Gasteiger partial charge in [0.2, 0.25) is 0 Å². The Labute approximate surface area is 122 Å². The molecule has 0 unspecified atom stereocenters. The predicted molar refractivity (Wildman–Crippen MR) is 80.3 cm³/mol. The number of methoxy groups -OCH3 is 1. The molecule has 1 heterocycles. The fourth-order valence-electron chi connectivity index (χ4n) is 1.45. The molecule has 0 radical (unpaired) electrons. The van der Waals surface area contributed by atoms with Gasteiger partial charge in [0, 0.05) is 16.7 Å². The summed E-state index contributed by atoms with van der Waals surface area (Å²) in [5.74, 6) is 0.744. The molecule has 6 heteroatoms. The Hall–Kier alpha value is -1.27. The number of nitrogens with zero attached hydrogens (tertiary/aromatic N) is 1. The molecule has 1 aromatic heterocycles. The molecule has 0 saturated heterocycles. The summed E-state index contributed by atoms with van der Waals surface area (Å²) in [6.45, 7) is 0. The fraction of sp³-hybridized carbons (Fsp3) is 0.0833. The number of hydrogen-bond acceptors (Lipinski definition) is 4. The monoisotopic (exact) mass is 371 g/mol. The lowest BCUT2D eigenvalue weighted by Gasteiger charge is -2.13. The summed E-state index contributed by atoms with van der Waals surface area (Å²) in [6.07, 6.45) is 3.29. The van der Waals surface area contributed by atoms with E-state index in [1.165, 1.54) is 0 Å². The molecule has 94 valence electrons. The van der Waals surface area contributed by atoms with Gasteiger partial charge in [-0.1, -0.05) is 0 Å². The Kier molecular flexibility index (Phi) is 4.08. The van der Waals surface area contributed by atoms with Crippen molar-refractivity contribution in [2.75, 3.05) is 18.2 Å². The van der Waals surface area contributed by atoms with Gasteiger partial charge in [0.05, 0.1) is 34.8 Å². The minimum absolute atomic E-state index is 0.589. The van der Waals surface area contributed by atoms with Crippen LogP contribution < -0.4 is 15.8 Å². The van der Waals surface area contributed by atoms with E-state index in [0.29, 0.717) is 5.69 Å². The number of hydrogen-bond donors (Lipinski definition) is 2. The van der Waals surface area contributed by atoms with Gasteiger partial charge in [0.1, 0.15) is 5.75 Å². The zero-order valence-electron chi connectivity index (χ0n) is 9.58. The third-order valence-electron chi connectivity index (χ3n) is 2.36. The minimum atomic E-state index is 0.589. The average molecular weight is 373 g/mol. The van der Waals surface area contributed by atoms with Crippen molar-refractivity contribution < 1.29 is 4.74 Å². The highest BCUT2D eigenvalue weighted by Gasteiger charge is 2.08. The summed E-state index contributed by atoms with van der Waals surface area (Å²) >= 11 is 6.91. The summed E-state index contributed by atoms with van der Waals surface area (Å²) < 4.78 is 7.05. The number of nitrogens with two attached hydrogens (primary N) is 1. The van der Waals surface area contributed by atoms with Crippen LogP contribution in [-0.2, 0) is 0 Å². The number of nitrogen functional groups attached to an aromatic ring is 1. The van der Waals surface area contributed by atoms with Crippen molar-refractivity contribution >= 4 is 48.9 Å². The topological polar surface area (TPSA) is 60.2 Å². The first kappa shape index (κ1) is 13.2. The van der Waals surface area contributed by atoms with Crippen LogP contribution in [0.25, 0.3) is 0 Å². The summed E-state index contributed by atoms with van der Waals surface area (Å²) in [5.41, 5.74) is 8.10. The van der Waals surface area contributed by atoms with Crippen LogP contribution in [0.3, 0.4) is 0 Å². The number of halogens is 2. The summed E-state index contributed by atoms with van der Waals surface area (Å²) in [5, 5.41) is 3.23. The van der Waals surface area contributed by atoms with Gasteiger partial charge >= 0.3 is 0 Å². The number of anilines is 3. The highest BCUT2D eigenvalue weighted by Crippen LogP contribution is 2.36. The Morgan fingerprint density at radius 2 is 2.00 bits per heavy atom. The van der Waals surface area contributed by atoms with Crippen LogP contribution in [0.1, 0.15) is 0 Å². The van der Waals surface area contributed by atoms with Crippen molar-refractivity contribution in [3.63, 3.8) is 0 Å². The van der Waals surface area contributed by atoms with Gasteiger partial charge in [-0.05, 0) is 44.0 Å². The van der Waals surface area contributed by atoms with Crippen molar-refractivity contribution in [1.29, 1.82) is 0 Å². The van der Waals surface area contributed by atoms with E-state index in [-0.39, 0.29) is 0 Å². The van der Waals surface area contributed by atoms with E-state index in [0.717, 1.165) is 26.1 Å². The maximum atomic E-state index is 5.84. The molecule has 18 heavy (non-hydrogen) atoms. The molecule has 1 aromatic carbocycles. The van der Waals surface area contributed by atoms with Gasteiger partial charge in [-0.25, -0.2) is 0 Å². The number of pyridine rings is 1. The molecule has 0 amide bonds. The molecule has 0 fully saturated rings. The van der Waals surface area contributed by atoms with E-state index < -0.39 is 0 Å². The minimum Gasteiger partial charge on any atom is -0.495 e. The van der Waals surface area contributed by atoms with Gasteiger partial charge in [0.15, 0.2) is 0 Å². The SMILES string of the molecule is COc1cc(Nc2ccncc2N)c(Br)cc1Br. The lowest BCUT2D eigenvalue weighted by molar-refractivity contribution is 0.412. The highest BCUT2D eigenvalue weighted by molar-refractivity contribution is 9.11. The Bertz CT molecular complexity index is 575. The number of benzene rings is 1. The second-order valence-electron chi connectivity index (χ2n) is 3.55. The number of ether oxygens (including phenoxy) is 1. The number of rotatable bonds is 3. The normalized spacial score (nSPS) is 10.2. The third-order valence-corrected chi connectivity index (χ3v) is 3.64. The van der Waals surface area contributed by atoms with Crippen molar-refractivity contribution in [2.24, 2.45) is 0 Å². The van der Waals surface area contributed by atoms with Gasteiger partial charge in [-0.2, -0.15) is 0 Å². The molecule has 0 aliphatic rings. The fourth-order valence-corrected chi connectivity index (χ4v) is 2.70. The maximum absolute atomic E-state index is 5.84. The molecule has 2 aromatic rings. The third kappa shape index (κ3) is 2.76. The van der Waals surface area contributed by atoms with Crippen LogP contribution >= 0.6 is 31.9 Å². The molecule has 0 saturated carbocycles. The molecule has 3 N–H and O–H groups in total. The lowest BCUT2D eigenvalue weighted by atomic mass is 10.2. The Balaban J connectivity index is 2.38. The predicted octanol–water partition coefficient (Wildman–Crippen LogP) is 3.94. The molecule has 0 atom stereocenters. The summed E-state index contributed by atoms with van der Waals surface area (Å²) in [6, 6.07) is 5.61. The van der Waals surface area contributed by atoms with Gasteiger partial charge in [-0.3, -0.25) is 4.98 Å². The standard InChI is InChI=1S/C12H11Br2N3O/c1-18-12-5-11(7(13)4-8(12)14)17-10-2-3-16-6-9(10)15/h2-6H,15H2,1H3,(H,16,17). The first-order chi connectivity index (χ1) is 8.61. The van der Waals surface area contributed by atoms with Gasteiger partial charge in [0.25, 0.3) is 0 Å². The smallest absolute Gasteiger partial charge is 0.135 e. The number of nitrogens with one attached hydrogen (secondary N) is 1. The largest absolute Gasteiger partial charge is 0.495 e. The first-order valence-electron chi connectivity index (χ1n) is 5.11. The summed E-state index contributed by atoms with van der Waals surface area (Å²) in [4.78, 5) is 3.95. The van der Waals surface area contributed by atoms with Crippen LogP contribution in [0.2, 0.25) is 0 Å². The van der Waals surface area contributed by atoms with Crippen LogP contribution in [0.4, 0.5) is 17.1 Å². The zero-order chi connectivity index (χ0) is 13.1. The zero-order valence-corrected chi connectivity index (χ0v) is 12.7. The van der Waals surface area contributed by atoms with Crippen molar-refractivity contribution in [1.82, 2.24) is 4.98 Å². The van der Waals surface area contributed by atoms with Crippen LogP contribution in [-0.4, -0.2) is 12.1 Å². The van der Waals surface area contributed by atoms with Gasteiger partial charge in [-0.15, -0.1) is 0 Å². The molecular weight excluding hydrogens is 362 g/mol. The van der Waals surface area contributed by atoms with Crippen LogP contribution in [0.5, 0.6) is 5.75 Å².